The number of rotatable bonds is 11. The molecule has 0 atom stereocenters. The van der Waals surface area contributed by atoms with E-state index < -0.39 is 5.97 Å². The van der Waals surface area contributed by atoms with Crippen molar-refractivity contribution in [1.29, 1.82) is 0 Å². The van der Waals surface area contributed by atoms with Gasteiger partial charge in [-0.15, -0.1) is 6.58 Å². The van der Waals surface area contributed by atoms with Gasteiger partial charge in [0.1, 0.15) is 0 Å². The summed E-state index contributed by atoms with van der Waals surface area (Å²) < 4.78 is 0. The van der Waals surface area contributed by atoms with E-state index in [-0.39, 0.29) is 0 Å². The molecule has 0 saturated heterocycles. The molecule has 0 aromatic carbocycles. The van der Waals surface area contributed by atoms with Gasteiger partial charge in [-0.05, 0) is 43.9 Å². The SMILES string of the molecule is C=CCCCCC#CC#CCCCCCCCC(=O)O. The third kappa shape index (κ3) is 16.3. The van der Waals surface area contributed by atoms with Gasteiger partial charge in [-0.3, -0.25) is 4.79 Å². The number of unbranched alkanes of at least 4 members (excludes halogenated alkanes) is 8. The highest BCUT2D eigenvalue weighted by molar-refractivity contribution is 5.66. The normalized spacial score (nSPS) is 9.00. The van der Waals surface area contributed by atoms with Gasteiger partial charge in [0.2, 0.25) is 0 Å². The fourth-order valence-electron chi connectivity index (χ4n) is 1.74. The first-order valence-corrected chi connectivity index (χ1v) is 7.55. The lowest BCUT2D eigenvalue weighted by molar-refractivity contribution is -0.137. The third-order valence-electron chi connectivity index (χ3n) is 2.89. The molecule has 0 bridgehead atoms. The minimum Gasteiger partial charge on any atom is -0.481 e. The van der Waals surface area contributed by atoms with Crippen LogP contribution in [0.15, 0.2) is 12.7 Å². The van der Waals surface area contributed by atoms with Crippen LogP contribution in [-0.4, -0.2) is 11.1 Å². The van der Waals surface area contributed by atoms with E-state index in [1.165, 1.54) is 0 Å². The zero-order chi connectivity index (χ0) is 14.9. The van der Waals surface area contributed by atoms with Crippen LogP contribution in [-0.2, 0) is 4.79 Å². The van der Waals surface area contributed by atoms with Gasteiger partial charge in [-0.25, -0.2) is 0 Å². The van der Waals surface area contributed by atoms with Crippen molar-refractivity contribution in [2.75, 3.05) is 0 Å². The smallest absolute Gasteiger partial charge is 0.303 e. The summed E-state index contributed by atoms with van der Waals surface area (Å²) in [6.45, 7) is 3.68. The lowest BCUT2D eigenvalue weighted by Gasteiger charge is -1.97. The Balaban J connectivity index is 3.30. The summed E-state index contributed by atoms with van der Waals surface area (Å²) in [4.78, 5) is 10.3. The standard InChI is InChI=1S/C18H26O2/c1-2-3-4-5-6-7-8-9-10-11-12-13-14-15-16-17-18(19)20/h2H,1,3-6,11-17H2,(H,19,20). The molecule has 0 amide bonds. The molecule has 0 aromatic heterocycles. The van der Waals surface area contributed by atoms with E-state index in [0.717, 1.165) is 64.2 Å². The Hall–Kier alpha value is -1.67. The predicted molar refractivity (Wildman–Crippen MR) is 84.2 cm³/mol. The number of allylic oxidation sites excluding steroid dienone is 1. The maximum absolute atomic E-state index is 10.3. The molecule has 2 nitrogen and oxygen atoms in total. The Bertz CT molecular complexity index is 374. The number of carboxylic acids is 1. The van der Waals surface area contributed by atoms with Crippen molar-refractivity contribution >= 4 is 5.97 Å². The number of hydrogen-bond donors (Lipinski definition) is 1. The average Bonchev–Trinajstić information content (AvgIpc) is 2.43. The molecule has 0 heterocycles. The molecule has 0 radical (unpaired) electrons. The molecule has 0 aliphatic rings. The molecular formula is C18H26O2. The van der Waals surface area contributed by atoms with Crippen molar-refractivity contribution in [1.82, 2.24) is 0 Å². The van der Waals surface area contributed by atoms with Gasteiger partial charge in [-0.2, -0.15) is 0 Å². The molecule has 20 heavy (non-hydrogen) atoms. The Morgan fingerprint density at radius 3 is 2.05 bits per heavy atom. The molecule has 0 fully saturated rings. The predicted octanol–water partition coefficient (Wildman–Crippen LogP) is 4.55. The van der Waals surface area contributed by atoms with Crippen molar-refractivity contribution in [3.05, 3.63) is 12.7 Å². The molecule has 0 aliphatic carbocycles. The number of aliphatic carboxylic acids is 1. The highest BCUT2D eigenvalue weighted by atomic mass is 16.4. The van der Waals surface area contributed by atoms with E-state index in [1.807, 2.05) is 6.08 Å². The molecule has 0 aromatic rings. The molecule has 0 spiro atoms. The van der Waals surface area contributed by atoms with Crippen molar-refractivity contribution < 1.29 is 9.90 Å². The largest absolute Gasteiger partial charge is 0.481 e. The molecule has 0 unspecified atom stereocenters. The molecule has 1 N–H and O–H groups in total. The quantitative estimate of drug-likeness (QED) is 0.341. The Morgan fingerprint density at radius 2 is 1.45 bits per heavy atom. The number of carboxylic acid groups (broad SMARTS) is 1. The minimum atomic E-state index is -0.695. The zero-order valence-electron chi connectivity index (χ0n) is 12.4. The van der Waals surface area contributed by atoms with E-state index in [0.29, 0.717) is 6.42 Å². The summed E-state index contributed by atoms with van der Waals surface area (Å²) in [6, 6.07) is 0. The molecule has 2 heteroatoms. The van der Waals surface area contributed by atoms with Crippen LogP contribution in [0.25, 0.3) is 0 Å². The van der Waals surface area contributed by atoms with Gasteiger partial charge in [0.05, 0.1) is 0 Å². The van der Waals surface area contributed by atoms with Crippen LogP contribution < -0.4 is 0 Å². The van der Waals surface area contributed by atoms with Crippen LogP contribution in [0, 0.1) is 23.7 Å². The van der Waals surface area contributed by atoms with Crippen LogP contribution in [0.5, 0.6) is 0 Å². The number of hydrogen-bond acceptors (Lipinski definition) is 1. The maximum atomic E-state index is 10.3. The summed E-state index contributed by atoms with van der Waals surface area (Å²) in [5.74, 6) is 11.2. The first kappa shape index (κ1) is 18.3. The van der Waals surface area contributed by atoms with E-state index in [9.17, 15) is 4.79 Å². The topological polar surface area (TPSA) is 37.3 Å². The van der Waals surface area contributed by atoms with E-state index in [2.05, 4.69) is 30.3 Å². The number of carbonyl (C=O) groups is 1. The summed E-state index contributed by atoms with van der Waals surface area (Å²) >= 11 is 0. The van der Waals surface area contributed by atoms with Gasteiger partial charge < -0.3 is 5.11 Å². The molecule has 0 aliphatic heterocycles. The summed E-state index contributed by atoms with van der Waals surface area (Å²) in [6.07, 6.45) is 12.5. The average molecular weight is 274 g/mol. The van der Waals surface area contributed by atoms with Crippen LogP contribution in [0.4, 0.5) is 0 Å². The molecule has 0 rings (SSSR count). The molecule has 110 valence electrons. The first-order valence-electron chi connectivity index (χ1n) is 7.55. The van der Waals surface area contributed by atoms with Gasteiger partial charge >= 0.3 is 5.97 Å². The highest BCUT2D eigenvalue weighted by Gasteiger charge is 1.95. The van der Waals surface area contributed by atoms with Gasteiger partial charge in [0, 0.05) is 19.3 Å². The van der Waals surface area contributed by atoms with Crippen LogP contribution in [0.2, 0.25) is 0 Å². The Labute approximate surface area is 123 Å². The second-order valence-electron chi connectivity index (χ2n) is 4.80. The highest BCUT2D eigenvalue weighted by Crippen LogP contribution is 2.06. The maximum Gasteiger partial charge on any atom is 0.303 e. The van der Waals surface area contributed by atoms with Gasteiger partial charge in [0.25, 0.3) is 0 Å². The van der Waals surface area contributed by atoms with Gasteiger partial charge in [0.15, 0.2) is 0 Å². The van der Waals surface area contributed by atoms with Crippen LogP contribution in [0.1, 0.15) is 70.6 Å². The van der Waals surface area contributed by atoms with E-state index >= 15 is 0 Å². The fraction of sp³-hybridized carbons (Fsp3) is 0.611. The van der Waals surface area contributed by atoms with E-state index in [4.69, 9.17) is 5.11 Å². The van der Waals surface area contributed by atoms with Gasteiger partial charge in [-0.1, -0.05) is 37.2 Å². The van der Waals surface area contributed by atoms with Crippen LogP contribution in [0.3, 0.4) is 0 Å². The lowest BCUT2D eigenvalue weighted by atomic mass is 10.1. The van der Waals surface area contributed by atoms with Crippen LogP contribution >= 0.6 is 0 Å². The monoisotopic (exact) mass is 274 g/mol. The van der Waals surface area contributed by atoms with Crippen molar-refractivity contribution in [3.63, 3.8) is 0 Å². The summed E-state index contributed by atoms with van der Waals surface area (Å²) in [7, 11) is 0. The zero-order valence-corrected chi connectivity index (χ0v) is 12.4. The summed E-state index contributed by atoms with van der Waals surface area (Å²) in [5.41, 5.74) is 0. The fourth-order valence-corrected chi connectivity index (χ4v) is 1.74. The molecular weight excluding hydrogens is 248 g/mol. The van der Waals surface area contributed by atoms with Crippen molar-refractivity contribution in [2.45, 2.75) is 70.6 Å². The summed E-state index contributed by atoms with van der Waals surface area (Å²) in [5, 5.41) is 8.48. The third-order valence-corrected chi connectivity index (χ3v) is 2.89. The van der Waals surface area contributed by atoms with E-state index in [1.54, 1.807) is 0 Å². The Morgan fingerprint density at radius 1 is 0.900 bits per heavy atom. The first-order chi connectivity index (χ1) is 9.77. The second kappa shape index (κ2) is 15.4. The molecule has 0 saturated carbocycles. The minimum absolute atomic E-state index is 0.294. The van der Waals surface area contributed by atoms with Crippen molar-refractivity contribution in [2.24, 2.45) is 0 Å². The van der Waals surface area contributed by atoms with Crippen molar-refractivity contribution in [3.8, 4) is 23.7 Å². The second-order valence-corrected chi connectivity index (χ2v) is 4.80. The Kier molecular flexibility index (Phi) is 14.1. The lowest BCUT2D eigenvalue weighted by Crippen LogP contribution is -1.93.